The first-order valence-corrected chi connectivity index (χ1v) is 9.62. The van der Waals surface area contributed by atoms with E-state index in [0.29, 0.717) is 18.1 Å². The van der Waals surface area contributed by atoms with Crippen molar-refractivity contribution in [2.45, 2.75) is 39.2 Å². The number of piperidine rings is 1. The van der Waals surface area contributed by atoms with E-state index in [9.17, 15) is 9.18 Å². The second-order valence-corrected chi connectivity index (χ2v) is 7.63. The molecule has 0 saturated carbocycles. The van der Waals surface area contributed by atoms with Gasteiger partial charge in [-0.15, -0.1) is 0 Å². The van der Waals surface area contributed by atoms with E-state index >= 15 is 0 Å². The largest absolute Gasteiger partial charge is 0.297 e. The molecule has 1 atom stereocenters. The van der Waals surface area contributed by atoms with E-state index in [4.69, 9.17) is 0 Å². The normalized spacial score (nSPS) is 18.2. The molecule has 1 N–H and O–H groups in total. The number of halogens is 1. The van der Waals surface area contributed by atoms with Gasteiger partial charge in [-0.2, -0.15) is 0 Å². The predicted octanol–water partition coefficient (Wildman–Crippen LogP) is 3.31. The predicted molar refractivity (Wildman–Crippen MR) is 103 cm³/mol. The number of aryl methyl sites for hydroxylation is 2. The minimum absolute atomic E-state index is 0.0621. The summed E-state index contributed by atoms with van der Waals surface area (Å²) in [5.74, 6) is 0.448. The number of likely N-dealkylation sites (tertiary alicyclic amines) is 1. The zero-order valence-corrected chi connectivity index (χ0v) is 15.6. The molecule has 1 aliphatic rings. The molecule has 1 aliphatic heterocycles. The first kappa shape index (κ1) is 17.9. The molecule has 5 nitrogen and oxygen atoms in total. The average Bonchev–Trinajstić information content (AvgIpc) is 3.02. The molecule has 0 spiro atoms. The zero-order valence-electron chi connectivity index (χ0n) is 15.6. The van der Waals surface area contributed by atoms with Crippen LogP contribution < -0.4 is 5.56 Å². The molecular formula is C21H25FN4O. The van der Waals surface area contributed by atoms with Crippen molar-refractivity contribution in [3.05, 3.63) is 69.5 Å². The van der Waals surface area contributed by atoms with E-state index in [2.05, 4.69) is 15.0 Å². The highest BCUT2D eigenvalue weighted by Gasteiger charge is 2.20. The van der Waals surface area contributed by atoms with E-state index in [1.165, 1.54) is 35.1 Å². The van der Waals surface area contributed by atoms with Gasteiger partial charge in [-0.05, 0) is 62.8 Å². The number of benzene rings is 1. The second-order valence-electron chi connectivity index (χ2n) is 7.63. The molecule has 0 radical (unpaired) electrons. The first-order chi connectivity index (χ1) is 13.1. The smallest absolute Gasteiger partial charge is 0.272 e. The third-order valence-corrected chi connectivity index (χ3v) is 5.37. The van der Waals surface area contributed by atoms with Crippen LogP contribution >= 0.6 is 0 Å². The first-order valence-electron chi connectivity index (χ1n) is 9.62. The molecule has 1 saturated heterocycles. The summed E-state index contributed by atoms with van der Waals surface area (Å²) < 4.78 is 14.5. The molecular weight excluding hydrogens is 343 g/mol. The minimum Gasteiger partial charge on any atom is -0.297 e. The van der Waals surface area contributed by atoms with Gasteiger partial charge in [0.05, 0.1) is 5.69 Å². The number of hydrogen-bond donors (Lipinski definition) is 1. The summed E-state index contributed by atoms with van der Waals surface area (Å²) in [6.45, 7) is 4.70. The fraction of sp³-hybridized carbons (Fsp3) is 0.429. The van der Waals surface area contributed by atoms with Crippen molar-refractivity contribution >= 4 is 5.65 Å². The van der Waals surface area contributed by atoms with Gasteiger partial charge in [0.25, 0.3) is 5.56 Å². The van der Waals surface area contributed by atoms with Crippen LogP contribution in [0.2, 0.25) is 0 Å². The van der Waals surface area contributed by atoms with Crippen molar-refractivity contribution in [1.82, 2.24) is 19.5 Å². The van der Waals surface area contributed by atoms with E-state index in [-0.39, 0.29) is 11.4 Å². The van der Waals surface area contributed by atoms with Gasteiger partial charge >= 0.3 is 0 Å². The summed E-state index contributed by atoms with van der Waals surface area (Å²) in [5, 5.41) is 3.00. The molecule has 4 rings (SSSR count). The van der Waals surface area contributed by atoms with Crippen molar-refractivity contribution in [3.8, 4) is 0 Å². The standard InChI is InChI=1S/C21H25FN4O/c1-15-11-20-23-19(12-21(27)26(20)24-15)14-25-10-2-3-17(13-25)5-4-16-6-8-18(22)9-7-16/h6-9,11-12,17,24H,2-5,10,13-14H2,1H3/t17-/m0/s1. The van der Waals surface area contributed by atoms with Crippen molar-refractivity contribution in [3.63, 3.8) is 0 Å². The molecule has 6 heteroatoms. The van der Waals surface area contributed by atoms with Crippen LogP contribution in [0.15, 0.2) is 41.2 Å². The van der Waals surface area contributed by atoms with Crippen molar-refractivity contribution in [2.24, 2.45) is 5.92 Å². The lowest BCUT2D eigenvalue weighted by Gasteiger charge is -2.32. The zero-order chi connectivity index (χ0) is 18.8. The second kappa shape index (κ2) is 7.64. The number of hydrogen-bond acceptors (Lipinski definition) is 3. The molecule has 3 heterocycles. The molecule has 1 fully saturated rings. The number of nitrogens with zero attached hydrogens (tertiary/aromatic N) is 3. The number of nitrogens with one attached hydrogen (secondary N) is 1. The number of aromatic amines is 1. The van der Waals surface area contributed by atoms with Crippen LogP contribution in [0.1, 0.15) is 36.2 Å². The van der Waals surface area contributed by atoms with Gasteiger partial charge in [0, 0.05) is 30.9 Å². The van der Waals surface area contributed by atoms with Crippen LogP contribution in [0, 0.1) is 18.7 Å². The molecule has 142 valence electrons. The molecule has 2 aromatic heterocycles. The van der Waals surface area contributed by atoms with Crippen LogP contribution in [0.3, 0.4) is 0 Å². The monoisotopic (exact) mass is 368 g/mol. The quantitative estimate of drug-likeness (QED) is 0.752. The minimum atomic E-state index is -0.180. The Hall–Kier alpha value is -2.47. The Morgan fingerprint density at radius 1 is 1.26 bits per heavy atom. The number of rotatable bonds is 5. The van der Waals surface area contributed by atoms with Gasteiger partial charge in [-0.3, -0.25) is 14.8 Å². The third-order valence-electron chi connectivity index (χ3n) is 5.37. The van der Waals surface area contributed by atoms with Crippen molar-refractivity contribution in [1.29, 1.82) is 0 Å². The van der Waals surface area contributed by atoms with Crippen molar-refractivity contribution < 1.29 is 4.39 Å². The van der Waals surface area contributed by atoms with E-state index in [1.54, 1.807) is 6.07 Å². The fourth-order valence-corrected chi connectivity index (χ4v) is 4.02. The third kappa shape index (κ3) is 4.27. The number of H-pyrrole nitrogens is 1. The van der Waals surface area contributed by atoms with Gasteiger partial charge in [0.15, 0.2) is 5.65 Å². The number of aromatic nitrogens is 3. The van der Waals surface area contributed by atoms with Gasteiger partial charge < -0.3 is 0 Å². The number of fused-ring (bicyclic) bond motifs is 1. The Labute approximate surface area is 157 Å². The van der Waals surface area contributed by atoms with E-state index in [1.807, 2.05) is 25.1 Å². The van der Waals surface area contributed by atoms with E-state index in [0.717, 1.165) is 37.3 Å². The Kier molecular flexibility index (Phi) is 5.07. The van der Waals surface area contributed by atoms with Crippen LogP contribution in [-0.4, -0.2) is 32.6 Å². The average molecular weight is 368 g/mol. The summed E-state index contributed by atoms with van der Waals surface area (Å²) in [6, 6.07) is 10.3. The van der Waals surface area contributed by atoms with Crippen LogP contribution in [0.5, 0.6) is 0 Å². The van der Waals surface area contributed by atoms with Crippen molar-refractivity contribution in [2.75, 3.05) is 13.1 Å². The Morgan fingerprint density at radius 2 is 2.07 bits per heavy atom. The molecule has 27 heavy (non-hydrogen) atoms. The topological polar surface area (TPSA) is 53.4 Å². The molecule has 0 bridgehead atoms. The summed E-state index contributed by atoms with van der Waals surface area (Å²) in [4.78, 5) is 19.3. The highest BCUT2D eigenvalue weighted by atomic mass is 19.1. The maximum absolute atomic E-state index is 13.0. The summed E-state index contributed by atoms with van der Waals surface area (Å²) in [6.07, 6.45) is 4.48. The Bertz CT molecular complexity index is 976. The summed E-state index contributed by atoms with van der Waals surface area (Å²) in [7, 11) is 0. The van der Waals surface area contributed by atoms with Gasteiger partial charge in [0.2, 0.25) is 0 Å². The maximum atomic E-state index is 13.0. The van der Waals surface area contributed by atoms with Gasteiger partial charge in [-0.1, -0.05) is 12.1 Å². The Balaban J connectivity index is 1.38. The van der Waals surface area contributed by atoms with Crippen LogP contribution in [-0.2, 0) is 13.0 Å². The molecule has 0 aliphatic carbocycles. The molecule has 3 aromatic rings. The maximum Gasteiger partial charge on any atom is 0.272 e. The molecule has 1 aromatic carbocycles. The van der Waals surface area contributed by atoms with Gasteiger partial charge in [-0.25, -0.2) is 13.9 Å². The lowest BCUT2D eigenvalue weighted by molar-refractivity contribution is 0.160. The molecule has 0 unspecified atom stereocenters. The van der Waals surface area contributed by atoms with E-state index < -0.39 is 0 Å². The highest BCUT2D eigenvalue weighted by Crippen LogP contribution is 2.22. The Morgan fingerprint density at radius 3 is 2.89 bits per heavy atom. The lowest BCUT2D eigenvalue weighted by atomic mass is 9.91. The molecule has 0 amide bonds. The summed E-state index contributed by atoms with van der Waals surface area (Å²) >= 11 is 0. The van der Waals surface area contributed by atoms with Crippen LogP contribution in [0.4, 0.5) is 4.39 Å². The van der Waals surface area contributed by atoms with Gasteiger partial charge in [0.1, 0.15) is 5.82 Å². The highest BCUT2D eigenvalue weighted by molar-refractivity contribution is 5.39. The fourth-order valence-electron chi connectivity index (χ4n) is 4.02. The lowest BCUT2D eigenvalue weighted by Crippen LogP contribution is -2.35. The summed E-state index contributed by atoms with van der Waals surface area (Å²) in [5.41, 5.74) is 3.57. The van der Waals surface area contributed by atoms with Crippen LogP contribution in [0.25, 0.3) is 5.65 Å². The SMILES string of the molecule is Cc1cc2nc(CN3CCC[C@@H](CCc4ccc(F)cc4)C3)cc(=O)n2[nH]1.